The van der Waals surface area contributed by atoms with Gasteiger partial charge in [-0.3, -0.25) is 9.59 Å². The zero-order valence-corrected chi connectivity index (χ0v) is 11.3. The third-order valence-corrected chi connectivity index (χ3v) is 3.58. The lowest BCUT2D eigenvalue weighted by Gasteiger charge is -2.12. The van der Waals surface area contributed by atoms with E-state index in [-0.39, 0.29) is 18.4 Å². The van der Waals surface area contributed by atoms with Crippen molar-refractivity contribution in [1.29, 1.82) is 0 Å². The largest absolute Gasteiger partial charge is 0.481 e. The van der Waals surface area contributed by atoms with Crippen LogP contribution in [-0.2, 0) is 22.6 Å². The number of amides is 1. The van der Waals surface area contributed by atoms with Gasteiger partial charge < -0.3 is 16.2 Å². The van der Waals surface area contributed by atoms with Gasteiger partial charge in [-0.15, -0.1) is 0 Å². The van der Waals surface area contributed by atoms with Crippen molar-refractivity contribution < 1.29 is 14.7 Å². The topological polar surface area (TPSA) is 92.4 Å². The van der Waals surface area contributed by atoms with E-state index in [2.05, 4.69) is 5.32 Å². The summed E-state index contributed by atoms with van der Waals surface area (Å²) in [6.45, 7) is 0.347. The Morgan fingerprint density at radius 1 is 1.30 bits per heavy atom. The number of aliphatic carboxylic acids is 1. The maximum Gasteiger partial charge on any atom is 0.307 e. The molecule has 1 fully saturated rings. The smallest absolute Gasteiger partial charge is 0.307 e. The van der Waals surface area contributed by atoms with Crippen LogP contribution in [0.3, 0.4) is 0 Å². The fourth-order valence-corrected chi connectivity index (χ4v) is 2.24. The van der Waals surface area contributed by atoms with Crippen molar-refractivity contribution in [3.8, 4) is 0 Å². The van der Waals surface area contributed by atoms with Crippen molar-refractivity contribution in [1.82, 2.24) is 5.32 Å². The maximum atomic E-state index is 11.8. The molecule has 1 aromatic carbocycles. The highest BCUT2D eigenvalue weighted by Gasteiger charge is 2.29. The van der Waals surface area contributed by atoms with E-state index in [4.69, 9.17) is 10.8 Å². The summed E-state index contributed by atoms with van der Waals surface area (Å²) in [5.41, 5.74) is 7.47. The van der Waals surface area contributed by atoms with Crippen LogP contribution >= 0.6 is 0 Å². The van der Waals surface area contributed by atoms with E-state index < -0.39 is 5.97 Å². The van der Waals surface area contributed by atoms with Crippen LogP contribution in [0.25, 0.3) is 0 Å². The Bertz CT molecular complexity index is 498. The molecule has 108 valence electrons. The van der Waals surface area contributed by atoms with Gasteiger partial charge in [-0.05, 0) is 29.9 Å². The first-order chi connectivity index (χ1) is 9.56. The van der Waals surface area contributed by atoms with Crippen LogP contribution < -0.4 is 11.1 Å². The van der Waals surface area contributed by atoms with E-state index in [0.29, 0.717) is 18.9 Å². The summed E-state index contributed by atoms with van der Waals surface area (Å²) in [7, 11) is 0. The van der Waals surface area contributed by atoms with Gasteiger partial charge in [0.05, 0.1) is 6.42 Å². The number of rotatable bonds is 7. The first-order valence-corrected chi connectivity index (χ1v) is 6.87. The Kier molecular flexibility index (Phi) is 4.74. The quantitative estimate of drug-likeness (QED) is 0.694. The average Bonchev–Trinajstić information content (AvgIpc) is 3.21. The van der Waals surface area contributed by atoms with Gasteiger partial charge in [0.1, 0.15) is 0 Å². The van der Waals surface area contributed by atoms with Crippen molar-refractivity contribution in [2.24, 2.45) is 11.7 Å². The molecule has 1 aromatic rings. The van der Waals surface area contributed by atoms with Crippen LogP contribution in [0.1, 0.15) is 30.4 Å². The molecule has 0 radical (unpaired) electrons. The first-order valence-electron chi connectivity index (χ1n) is 6.87. The molecule has 4 N–H and O–H groups in total. The number of hydrogen-bond donors (Lipinski definition) is 3. The van der Waals surface area contributed by atoms with E-state index in [0.717, 1.165) is 24.0 Å². The van der Waals surface area contributed by atoms with Crippen LogP contribution in [0.4, 0.5) is 0 Å². The van der Waals surface area contributed by atoms with E-state index in [9.17, 15) is 9.59 Å². The zero-order valence-electron chi connectivity index (χ0n) is 11.3. The molecule has 1 atom stereocenters. The van der Waals surface area contributed by atoms with E-state index in [1.807, 2.05) is 12.1 Å². The molecule has 1 amide bonds. The summed E-state index contributed by atoms with van der Waals surface area (Å²) < 4.78 is 0. The highest BCUT2D eigenvalue weighted by Crippen LogP contribution is 2.32. The third kappa shape index (κ3) is 4.35. The second kappa shape index (κ2) is 6.52. The summed E-state index contributed by atoms with van der Waals surface area (Å²) in [5.74, 6) is -0.450. The Morgan fingerprint density at radius 2 is 1.95 bits per heavy atom. The summed E-state index contributed by atoms with van der Waals surface area (Å²) in [6, 6.07) is 7.18. The minimum atomic E-state index is -0.875. The lowest BCUT2D eigenvalue weighted by molar-refractivity contribution is -0.136. The number of carboxylic acid groups (broad SMARTS) is 1. The van der Waals surface area contributed by atoms with Gasteiger partial charge in [0.2, 0.25) is 5.91 Å². The molecule has 1 unspecified atom stereocenters. The maximum absolute atomic E-state index is 11.8. The molecule has 0 heterocycles. The van der Waals surface area contributed by atoms with E-state index >= 15 is 0 Å². The molecular formula is C15H20N2O3. The first kappa shape index (κ1) is 14.5. The number of carbonyl (C=O) groups excluding carboxylic acids is 1. The minimum Gasteiger partial charge on any atom is -0.481 e. The third-order valence-electron chi connectivity index (χ3n) is 3.58. The molecule has 5 nitrogen and oxygen atoms in total. The van der Waals surface area contributed by atoms with Gasteiger partial charge >= 0.3 is 5.97 Å². The fraction of sp³-hybridized carbons (Fsp3) is 0.467. The molecule has 0 aliphatic heterocycles. The molecule has 2 rings (SSSR count). The van der Waals surface area contributed by atoms with Gasteiger partial charge in [-0.2, -0.15) is 0 Å². The predicted molar refractivity (Wildman–Crippen MR) is 74.9 cm³/mol. The Morgan fingerprint density at radius 3 is 2.55 bits per heavy atom. The van der Waals surface area contributed by atoms with Gasteiger partial charge in [-0.25, -0.2) is 0 Å². The standard InChI is InChI=1S/C15H20N2O3/c16-13(10-5-6-10)8-14(18)17-9-12-4-2-1-3-11(12)7-15(19)20/h1-4,10,13H,5-9,16H2,(H,17,18)(H,19,20). The Hall–Kier alpha value is -1.88. The summed E-state index contributed by atoms with van der Waals surface area (Å²) in [5, 5.41) is 11.7. The van der Waals surface area contributed by atoms with E-state index in [1.165, 1.54) is 0 Å². The van der Waals surface area contributed by atoms with Crippen molar-refractivity contribution >= 4 is 11.9 Å². The SMILES string of the molecule is NC(CC(=O)NCc1ccccc1CC(=O)O)C1CC1. The van der Waals surface area contributed by atoms with Crippen molar-refractivity contribution in [3.05, 3.63) is 35.4 Å². The number of carboxylic acids is 1. The predicted octanol–water partition coefficient (Wildman–Crippen LogP) is 1.06. The average molecular weight is 276 g/mol. The van der Waals surface area contributed by atoms with Crippen molar-refractivity contribution in [3.63, 3.8) is 0 Å². The highest BCUT2D eigenvalue weighted by molar-refractivity contribution is 5.76. The molecule has 0 saturated heterocycles. The number of carbonyl (C=O) groups is 2. The van der Waals surface area contributed by atoms with Crippen molar-refractivity contribution in [2.45, 2.75) is 38.3 Å². The number of nitrogens with one attached hydrogen (secondary N) is 1. The molecule has 1 saturated carbocycles. The Labute approximate surface area is 118 Å². The normalized spacial score (nSPS) is 15.7. The number of hydrogen-bond acceptors (Lipinski definition) is 3. The lowest BCUT2D eigenvalue weighted by atomic mass is 10.0. The van der Waals surface area contributed by atoms with Gasteiger partial charge in [0, 0.05) is 19.0 Å². The highest BCUT2D eigenvalue weighted by atomic mass is 16.4. The molecule has 5 heteroatoms. The monoisotopic (exact) mass is 276 g/mol. The molecule has 0 aromatic heterocycles. The fourth-order valence-electron chi connectivity index (χ4n) is 2.24. The van der Waals surface area contributed by atoms with E-state index in [1.54, 1.807) is 12.1 Å². The summed E-state index contributed by atoms with van der Waals surface area (Å²) in [4.78, 5) is 22.6. The van der Waals surface area contributed by atoms with Crippen LogP contribution in [0.2, 0.25) is 0 Å². The van der Waals surface area contributed by atoms with Crippen LogP contribution in [0.15, 0.2) is 24.3 Å². The van der Waals surface area contributed by atoms with Gasteiger partial charge in [-0.1, -0.05) is 24.3 Å². The summed E-state index contributed by atoms with van der Waals surface area (Å²) in [6.07, 6.45) is 2.55. The van der Waals surface area contributed by atoms with Gasteiger partial charge in [0.15, 0.2) is 0 Å². The molecule has 0 bridgehead atoms. The number of nitrogens with two attached hydrogens (primary N) is 1. The second-order valence-corrected chi connectivity index (χ2v) is 5.32. The Balaban J connectivity index is 1.86. The van der Waals surface area contributed by atoms with Crippen LogP contribution in [0, 0.1) is 5.92 Å². The second-order valence-electron chi connectivity index (χ2n) is 5.32. The molecule has 1 aliphatic carbocycles. The zero-order chi connectivity index (χ0) is 14.5. The van der Waals surface area contributed by atoms with Crippen LogP contribution in [0.5, 0.6) is 0 Å². The molecule has 0 spiro atoms. The summed E-state index contributed by atoms with van der Waals surface area (Å²) >= 11 is 0. The number of benzene rings is 1. The molecule has 20 heavy (non-hydrogen) atoms. The minimum absolute atomic E-state index is 0.0341. The molecular weight excluding hydrogens is 256 g/mol. The lowest BCUT2D eigenvalue weighted by Crippen LogP contribution is -2.32. The van der Waals surface area contributed by atoms with Crippen LogP contribution in [-0.4, -0.2) is 23.0 Å². The molecule has 1 aliphatic rings. The van der Waals surface area contributed by atoms with Crippen molar-refractivity contribution in [2.75, 3.05) is 0 Å². The van der Waals surface area contributed by atoms with Gasteiger partial charge in [0.25, 0.3) is 0 Å².